The third kappa shape index (κ3) is 4.06. The summed E-state index contributed by atoms with van der Waals surface area (Å²) in [5.41, 5.74) is 0.611. The minimum atomic E-state index is -0.874. The second-order valence-electron chi connectivity index (χ2n) is 6.85. The van der Waals surface area contributed by atoms with Crippen molar-refractivity contribution in [2.24, 2.45) is 0 Å². The predicted molar refractivity (Wildman–Crippen MR) is 119 cm³/mol. The van der Waals surface area contributed by atoms with E-state index in [9.17, 15) is 24.5 Å². The molecule has 0 atom stereocenters. The number of nitrogens with zero attached hydrogens (tertiary/aromatic N) is 3. The van der Waals surface area contributed by atoms with Crippen molar-refractivity contribution in [2.75, 3.05) is 12.0 Å². The highest BCUT2D eigenvalue weighted by atomic mass is 35.5. The summed E-state index contributed by atoms with van der Waals surface area (Å²) < 4.78 is 6.65. The number of ether oxygens (including phenoxy) is 1. The molecule has 166 valence electrons. The van der Waals surface area contributed by atoms with E-state index in [1.807, 2.05) is 0 Å². The largest absolute Gasteiger partial charge is 0.497 e. The number of carbonyl (C=O) groups excluding carboxylic acids is 3. The predicted octanol–water partition coefficient (Wildman–Crippen LogP) is 3.71. The molecule has 1 N–H and O–H groups in total. The van der Waals surface area contributed by atoms with Gasteiger partial charge in [-0.15, -0.1) is 0 Å². The van der Waals surface area contributed by atoms with Gasteiger partial charge in [-0.1, -0.05) is 11.6 Å². The molecule has 11 heteroatoms. The van der Waals surface area contributed by atoms with Crippen molar-refractivity contribution in [3.8, 4) is 11.4 Å². The molecule has 0 saturated carbocycles. The van der Waals surface area contributed by atoms with Gasteiger partial charge < -0.3 is 9.30 Å². The number of methoxy groups -OCH3 is 1. The van der Waals surface area contributed by atoms with Crippen LogP contribution in [0.15, 0.2) is 66.4 Å². The van der Waals surface area contributed by atoms with Crippen LogP contribution in [0, 0.1) is 10.1 Å². The Balaban J connectivity index is 1.73. The Labute approximate surface area is 191 Å². The van der Waals surface area contributed by atoms with Crippen molar-refractivity contribution in [2.45, 2.75) is 0 Å². The summed E-state index contributed by atoms with van der Waals surface area (Å²) in [6, 6.07) is 12.6. The molecule has 4 amide bonds. The number of rotatable bonds is 5. The molecule has 1 saturated heterocycles. The van der Waals surface area contributed by atoms with E-state index >= 15 is 0 Å². The first-order valence-electron chi connectivity index (χ1n) is 9.47. The second kappa shape index (κ2) is 8.60. The zero-order valence-corrected chi connectivity index (χ0v) is 17.8. The van der Waals surface area contributed by atoms with Gasteiger partial charge in [-0.25, -0.2) is 9.69 Å². The van der Waals surface area contributed by atoms with E-state index in [-0.39, 0.29) is 22.0 Å². The van der Waals surface area contributed by atoms with Crippen LogP contribution in [0.4, 0.5) is 16.2 Å². The maximum absolute atomic E-state index is 13.1. The Bertz CT molecular complexity index is 1330. The molecule has 1 aliphatic heterocycles. The van der Waals surface area contributed by atoms with Crippen molar-refractivity contribution in [3.05, 3.63) is 87.2 Å². The summed E-state index contributed by atoms with van der Waals surface area (Å²) in [4.78, 5) is 49.2. The lowest BCUT2D eigenvalue weighted by Gasteiger charge is -2.26. The number of nitro groups is 1. The molecule has 0 radical (unpaired) electrons. The summed E-state index contributed by atoms with van der Waals surface area (Å²) in [6.07, 6.45) is 2.94. The highest BCUT2D eigenvalue weighted by Gasteiger charge is 2.37. The van der Waals surface area contributed by atoms with Crippen LogP contribution in [0.25, 0.3) is 11.8 Å². The van der Waals surface area contributed by atoms with Crippen LogP contribution in [0.5, 0.6) is 5.75 Å². The number of benzene rings is 2. The van der Waals surface area contributed by atoms with Crippen molar-refractivity contribution >= 4 is 46.9 Å². The number of hydrogen-bond acceptors (Lipinski definition) is 6. The SMILES string of the molecule is COc1ccc(N2C(=O)NC(=O)C(=Cc3cccn3-c3ccc([N+](=O)[O-])cc3Cl)C2=O)cc1. The van der Waals surface area contributed by atoms with E-state index in [0.717, 1.165) is 4.90 Å². The Morgan fingerprint density at radius 1 is 1.09 bits per heavy atom. The minimum Gasteiger partial charge on any atom is -0.497 e. The van der Waals surface area contributed by atoms with Crippen molar-refractivity contribution < 1.29 is 24.0 Å². The highest BCUT2D eigenvalue weighted by Crippen LogP contribution is 2.29. The molecule has 4 rings (SSSR count). The topological polar surface area (TPSA) is 124 Å². The van der Waals surface area contributed by atoms with E-state index in [1.54, 1.807) is 35.0 Å². The number of urea groups is 1. The first-order chi connectivity index (χ1) is 15.8. The molecule has 0 bridgehead atoms. The summed E-state index contributed by atoms with van der Waals surface area (Å²) in [5, 5.41) is 13.2. The molecule has 0 aliphatic carbocycles. The number of imide groups is 2. The number of carbonyl (C=O) groups is 3. The monoisotopic (exact) mass is 466 g/mol. The normalized spacial score (nSPS) is 15.0. The van der Waals surface area contributed by atoms with Crippen LogP contribution >= 0.6 is 11.6 Å². The molecule has 2 heterocycles. The standard InChI is InChI=1S/C22H15ClN4O6/c1-33-16-7-4-13(5-8-16)26-21(29)17(20(28)24-22(26)30)11-14-3-2-10-25(14)19-9-6-15(27(31)32)12-18(19)23/h2-12H,1H3,(H,24,28,30). The second-order valence-corrected chi connectivity index (χ2v) is 7.26. The van der Waals surface area contributed by atoms with Crippen LogP contribution < -0.4 is 15.0 Å². The molecule has 0 spiro atoms. The first-order valence-corrected chi connectivity index (χ1v) is 9.85. The van der Waals surface area contributed by atoms with E-state index in [4.69, 9.17) is 16.3 Å². The molecule has 2 aromatic carbocycles. The summed E-state index contributed by atoms with van der Waals surface area (Å²) in [5.74, 6) is -1.12. The van der Waals surface area contributed by atoms with Gasteiger partial charge >= 0.3 is 6.03 Å². The van der Waals surface area contributed by atoms with E-state index in [0.29, 0.717) is 17.1 Å². The van der Waals surface area contributed by atoms with Crippen LogP contribution in [-0.2, 0) is 9.59 Å². The molecule has 1 fully saturated rings. The van der Waals surface area contributed by atoms with Crippen molar-refractivity contribution in [1.29, 1.82) is 0 Å². The summed E-state index contributed by atoms with van der Waals surface area (Å²) >= 11 is 6.23. The Kier molecular flexibility index (Phi) is 5.67. The Morgan fingerprint density at radius 2 is 1.82 bits per heavy atom. The zero-order chi connectivity index (χ0) is 23.7. The van der Waals surface area contributed by atoms with Gasteiger partial charge in [0.25, 0.3) is 17.5 Å². The summed E-state index contributed by atoms with van der Waals surface area (Å²) in [7, 11) is 1.49. The molecule has 3 aromatic rings. The average Bonchev–Trinajstić information content (AvgIpc) is 3.24. The molecular weight excluding hydrogens is 452 g/mol. The van der Waals surface area contributed by atoms with E-state index in [1.165, 1.54) is 43.5 Å². The fraction of sp³-hybridized carbons (Fsp3) is 0.0455. The lowest BCUT2D eigenvalue weighted by molar-refractivity contribution is -0.384. The van der Waals surface area contributed by atoms with Crippen LogP contribution in [0.3, 0.4) is 0 Å². The fourth-order valence-electron chi connectivity index (χ4n) is 3.31. The first kappa shape index (κ1) is 21.8. The molecule has 10 nitrogen and oxygen atoms in total. The maximum Gasteiger partial charge on any atom is 0.335 e. The maximum atomic E-state index is 13.1. The fourth-order valence-corrected chi connectivity index (χ4v) is 3.57. The number of barbiturate groups is 1. The van der Waals surface area contributed by atoms with Gasteiger partial charge in [0.1, 0.15) is 11.3 Å². The minimum absolute atomic E-state index is 0.106. The molecule has 1 aliphatic rings. The smallest absolute Gasteiger partial charge is 0.335 e. The number of hydrogen-bond donors (Lipinski definition) is 1. The van der Waals surface area contributed by atoms with E-state index < -0.39 is 22.8 Å². The van der Waals surface area contributed by atoms with Gasteiger partial charge in [-0.3, -0.25) is 25.0 Å². The zero-order valence-electron chi connectivity index (χ0n) is 17.0. The molecule has 0 unspecified atom stereocenters. The van der Waals surface area contributed by atoms with Crippen LogP contribution in [-0.4, -0.2) is 34.4 Å². The van der Waals surface area contributed by atoms with E-state index in [2.05, 4.69) is 5.32 Å². The third-order valence-corrected chi connectivity index (χ3v) is 5.21. The highest BCUT2D eigenvalue weighted by molar-refractivity contribution is 6.39. The number of nitro benzene ring substituents is 1. The quantitative estimate of drug-likeness (QED) is 0.264. The van der Waals surface area contributed by atoms with Crippen molar-refractivity contribution in [1.82, 2.24) is 9.88 Å². The molecule has 33 heavy (non-hydrogen) atoms. The van der Waals surface area contributed by atoms with Crippen molar-refractivity contribution in [3.63, 3.8) is 0 Å². The van der Waals surface area contributed by atoms with Gasteiger partial charge in [0.2, 0.25) is 0 Å². The lowest BCUT2D eigenvalue weighted by Crippen LogP contribution is -2.54. The Hall–Kier alpha value is -4.44. The van der Waals surface area contributed by atoms with Crippen LogP contribution in [0.2, 0.25) is 5.02 Å². The summed E-state index contributed by atoms with van der Waals surface area (Å²) in [6.45, 7) is 0. The number of aromatic nitrogens is 1. The van der Waals surface area contributed by atoms with Gasteiger partial charge in [0, 0.05) is 24.0 Å². The molecular formula is C22H15ClN4O6. The Morgan fingerprint density at radius 3 is 2.45 bits per heavy atom. The number of amides is 4. The van der Waals surface area contributed by atoms with Gasteiger partial charge in [0.15, 0.2) is 0 Å². The van der Waals surface area contributed by atoms with Crippen LogP contribution in [0.1, 0.15) is 5.69 Å². The number of non-ortho nitro benzene ring substituents is 1. The van der Waals surface area contributed by atoms with Gasteiger partial charge in [-0.2, -0.15) is 0 Å². The number of nitrogens with one attached hydrogen (secondary N) is 1. The number of halogens is 1. The number of anilines is 1. The molecule has 1 aromatic heterocycles. The average molecular weight is 467 g/mol. The van der Waals surface area contributed by atoms with Gasteiger partial charge in [-0.05, 0) is 48.5 Å². The van der Waals surface area contributed by atoms with Gasteiger partial charge in [0.05, 0.1) is 28.4 Å². The lowest BCUT2D eigenvalue weighted by atomic mass is 10.1. The third-order valence-electron chi connectivity index (χ3n) is 4.91.